The molecule has 2 saturated heterocycles. The number of nitrogens with zero attached hydrogens (tertiary/aromatic N) is 3. The van der Waals surface area contributed by atoms with Gasteiger partial charge in [-0.05, 0) is 37.5 Å². The molecule has 2 aliphatic heterocycles. The van der Waals surface area contributed by atoms with E-state index in [0.717, 1.165) is 19.6 Å². The number of ether oxygens (including phenoxy) is 2. The van der Waals surface area contributed by atoms with Crippen molar-refractivity contribution in [1.29, 1.82) is 0 Å². The number of H-pyrrole nitrogens is 1. The van der Waals surface area contributed by atoms with Gasteiger partial charge >= 0.3 is 5.97 Å². The zero-order chi connectivity index (χ0) is 25.1. The van der Waals surface area contributed by atoms with Crippen molar-refractivity contribution in [2.75, 3.05) is 46.5 Å². The van der Waals surface area contributed by atoms with Crippen molar-refractivity contribution in [1.82, 2.24) is 19.8 Å². The number of carbonyl (C=O) groups is 3. The van der Waals surface area contributed by atoms with E-state index in [-0.39, 0.29) is 17.0 Å². The van der Waals surface area contributed by atoms with Crippen molar-refractivity contribution in [2.45, 2.75) is 26.3 Å². The number of esters is 1. The van der Waals surface area contributed by atoms with Gasteiger partial charge in [-0.2, -0.15) is 0 Å². The lowest BCUT2D eigenvalue weighted by atomic mass is 9.95. The van der Waals surface area contributed by atoms with Gasteiger partial charge in [-0.3, -0.25) is 19.5 Å². The molecular weight excluding hydrogens is 452 g/mol. The van der Waals surface area contributed by atoms with Crippen molar-refractivity contribution < 1.29 is 29.0 Å². The van der Waals surface area contributed by atoms with E-state index in [9.17, 15) is 19.5 Å². The van der Waals surface area contributed by atoms with E-state index in [1.165, 1.54) is 12.0 Å². The van der Waals surface area contributed by atoms with Crippen molar-refractivity contribution in [3.8, 4) is 0 Å². The van der Waals surface area contributed by atoms with Crippen LogP contribution in [0.5, 0.6) is 0 Å². The Morgan fingerprint density at radius 2 is 2.00 bits per heavy atom. The van der Waals surface area contributed by atoms with Crippen LogP contribution in [0.3, 0.4) is 0 Å². The number of hydrogen-bond donors (Lipinski definition) is 2. The maximum Gasteiger partial charge on any atom is 0.354 e. The summed E-state index contributed by atoms with van der Waals surface area (Å²) < 4.78 is 10.2. The lowest BCUT2D eigenvalue weighted by Crippen LogP contribution is -2.39. The minimum Gasteiger partial charge on any atom is -0.507 e. The Bertz CT molecular complexity index is 1150. The fraction of sp³-hybridized carbons (Fsp3) is 0.440. The number of pyridine rings is 1. The fourth-order valence-corrected chi connectivity index (χ4v) is 4.83. The summed E-state index contributed by atoms with van der Waals surface area (Å²) in [5, 5.41) is 11.4. The quantitative estimate of drug-likeness (QED) is 0.266. The molecule has 4 heterocycles. The molecule has 2 fully saturated rings. The number of amides is 1. The zero-order valence-corrected chi connectivity index (χ0v) is 20.2. The van der Waals surface area contributed by atoms with Crippen LogP contribution in [-0.2, 0) is 19.1 Å². The molecule has 0 radical (unpaired) electrons. The number of aromatic amines is 1. The molecule has 0 spiro atoms. The SMILES string of the molecule is COC(=O)c1[nH]c(C)c(/C(O)=C2\C(=O)C(=O)N(CCCN3CCOCC3)[C@@H]2c2cccnc2)c1C. The third-order valence-electron chi connectivity index (χ3n) is 6.58. The van der Waals surface area contributed by atoms with E-state index < -0.39 is 23.7 Å². The number of methoxy groups -OCH3 is 1. The van der Waals surface area contributed by atoms with Crippen LogP contribution in [0, 0.1) is 13.8 Å². The molecule has 10 heteroatoms. The van der Waals surface area contributed by atoms with Gasteiger partial charge in [0.25, 0.3) is 11.7 Å². The summed E-state index contributed by atoms with van der Waals surface area (Å²) in [4.78, 5) is 49.4. The molecule has 0 unspecified atom stereocenters. The molecule has 2 aromatic rings. The average molecular weight is 483 g/mol. The van der Waals surface area contributed by atoms with E-state index in [2.05, 4.69) is 14.9 Å². The molecule has 186 valence electrons. The Labute approximate surface area is 203 Å². The molecule has 1 amide bonds. The first-order chi connectivity index (χ1) is 16.8. The van der Waals surface area contributed by atoms with E-state index in [1.807, 2.05) is 0 Å². The smallest absolute Gasteiger partial charge is 0.354 e. The summed E-state index contributed by atoms with van der Waals surface area (Å²) >= 11 is 0. The molecular formula is C25H30N4O6. The summed E-state index contributed by atoms with van der Waals surface area (Å²) in [6, 6.07) is 2.72. The van der Waals surface area contributed by atoms with Crippen LogP contribution < -0.4 is 0 Å². The number of nitrogens with one attached hydrogen (secondary N) is 1. The average Bonchev–Trinajstić information content (AvgIpc) is 3.31. The Morgan fingerprint density at radius 3 is 2.66 bits per heavy atom. The number of carbonyl (C=O) groups excluding carboxylic acids is 3. The second-order valence-electron chi connectivity index (χ2n) is 8.70. The van der Waals surface area contributed by atoms with Gasteiger partial charge in [0.05, 0.1) is 31.9 Å². The Balaban J connectivity index is 1.72. The highest BCUT2D eigenvalue weighted by molar-refractivity contribution is 6.46. The first-order valence-corrected chi connectivity index (χ1v) is 11.6. The highest BCUT2D eigenvalue weighted by Crippen LogP contribution is 2.40. The lowest BCUT2D eigenvalue weighted by Gasteiger charge is -2.29. The van der Waals surface area contributed by atoms with Gasteiger partial charge in [0.15, 0.2) is 0 Å². The molecule has 2 N–H and O–H groups in total. The van der Waals surface area contributed by atoms with Crippen LogP contribution >= 0.6 is 0 Å². The van der Waals surface area contributed by atoms with Crippen molar-refractivity contribution in [2.24, 2.45) is 0 Å². The molecule has 2 aromatic heterocycles. The van der Waals surface area contributed by atoms with Gasteiger partial charge in [0, 0.05) is 49.8 Å². The van der Waals surface area contributed by atoms with Crippen molar-refractivity contribution in [3.05, 3.63) is 58.2 Å². The number of Topliss-reactive ketones (excluding diaryl/α,β-unsaturated/α-hetero) is 1. The zero-order valence-electron chi connectivity index (χ0n) is 20.2. The van der Waals surface area contributed by atoms with Crippen molar-refractivity contribution in [3.63, 3.8) is 0 Å². The first kappa shape index (κ1) is 24.6. The molecule has 2 aliphatic rings. The minimum absolute atomic E-state index is 0.0176. The number of hydrogen-bond acceptors (Lipinski definition) is 8. The number of morpholine rings is 1. The number of aliphatic hydroxyl groups excluding tert-OH is 1. The molecule has 0 aromatic carbocycles. The summed E-state index contributed by atoms with van der Waals surface area (Å²) in [6.07, 6.45) is 3.87. The molecule has 0 bridgehead atoms. The van der Waals surface area contributed by atoms with Gasteiger partial charge < -0.3 is 24.5 Å². The number of aromatic nitrogens is 2. The topological polar surface area (TPSA) is 125 Å². The maximum absolute atomic E-state index is 13.2. The van der Waals surface area contributed by atoms with Gasteiger partial charge in [-0.25, -0.2) is 4.79 Å². The summed E-state index contributed by atoms with van der Waals surface area (Å²) in [7, 11) is 1.27. The second kappa shape index (κ2) is 10.4. The van der Waals surface area contributed by atoms with E-state index >= 15 is 0 Å². The largest absolute Gasteiger partial charge is 0.507 e. The molecule has 0 saturated carbocycles. The number of aryl methyl sites for hydroxylation is 1. The summed E-state index contributed by atoms with van der Waals surface area (Å²) in [5.74, 6) is -2.34. The van der Waals surface area contributed by atoms with Gasteiger partial charge in [0.2, 0.25) is 0 Å². The molecule has 0 aliphatic carbocycles. The van der Waals surface area contributed by atoms with Crippen LogP contribution in [0.1, 0.15) is 45.3 Å². The van der Waals surface area contributed by atoms with E-state index in [4.69, 9.17) is 9.47 Å². The third-order valence-corrected chi connectivity index (χ3v) is 6.58. The van der Waals surface area contributed by atoms with Crippen LogP contribution in [0.25, 0.3) is 5.76 Å². The van der Waals surface area contributed by atoms with E-state index in [1.54, 1.807) is 38.4 Å². The van der Waals surface area contributed by atoms with Crippen LogP contribution in [0.4, 0.5) is 0 Å². The predicted molar refractivity (Wildman–Crippen MR) is 127 cm³/mol. The standard InChI is InChI=1S/C25H30N4O6/c1-15-18(16(2)27-20(15)25(33)34-3)22(30)19-21(17-6-4-7-26-14-17)29(24(32)23(19)31)9-5-8-28-10-12-35-13-11-28/h4,6-7,14,21,27,30H,5,8-13H2,1-3H3/b22-19+/t21-/m1/s1. The monoisotopic (exact) mass is 482 g/mol. The maximum atomic E-state index is 13.2. The van der Waals surface area contributed by atoms with Crippen LogP contribution in [0.2, 0.25) is 0 Å². The number of likely N-dealkylation sites (tertiary alicyclic amines) is 1. The molecule has 1 atom stereocenters. The van der Waals surface area contributed by atoms with E-state index in [0.29, 0.717) is 48.6 Å². The lowest BCUT2D eigenvalue weighted by molar-refractivity contribution is -0.140. The van der Waals surface area contributed by atoms with Crippen LogP contribution in [-0.4, -0.2) is 89.0 Å². The van der Waals surface area contributed by atoms with Gasteiger partial charge in [0.1, 0.15) is 11.5 Å². The second-order valence-corrected chi connectivity index (χ2v) is 8.70. The number of aliphatic hydroxyl groups is 1. The molecule has 10 nitrogen and oxygen atoms in total. The Hall–Kier alpha value is -3.50. The normalized spacial score (nSPS) is 20.4. The summed E-state index contributed by atoms with van der Waals surface area (Å²) in [5.41, 5.74) is 2.03. The molecule has 4 rings (SSSR count). The van der Waals surface area contributed by atoms with Crippen LogP contribution in [0.15, 0.2) is 30.1 Å². The fourth-order valence-electron chi connectivity index (χ4n) is 4.83. The third kappa shape index (κ3) is 4.71. The number of ketones is 1. The predicted octanol–water partition coefficient (Wildman–Crippen LogP) is 1.96. The van der Waals surface area contributed by atoms with Gasteiger partial charge in [-0.15, -0.1) is 0 Å². The Morgan fingerprint density at radius 1 is 1.26 bits per heavy atom. The minimum atomic E-state index is -0.788. The van der Waals surface area contributed by atoms with Gasteiger partial charge in [-0.1, -0.05) is 6.07 Å². The Kier molecular flexibility index (Phi) is 7.32. The first-order valence-electron chi connectivity index (χ1n) is 11.6. The molecule has 35 heavy (non-hydrogen) atoms. The number of rotatable bonds is 7. The highest BCUT2D eigenvalue weighted by Gasteiger charge is 2.46. The highest BCUT2D eigenvalue weighted by atomic mass is 16.5. The summed E-state index contributed by atoms with van der Waals surface area (Å²) in [6.45, 7) is 7.49. The van der Waals surface area contributed by atoms with Crippen molar-refractivity contribution >= 4 is 23.4 Å².